The minimum atomic E-state index is -3.17. The fourth-order valence-corrected chi connectivity index (χ4v) is 3.55. The molecule has 2 aromatic rings. The van der Waals surface area contributed by atoms with Crippen LogP contribution in [0.4, 0.5) is 6.01 Å². The molecule has 9 heteroatoms. The number of hydrogen-bond donors (Lipinski definition) is 2. The molecule has 1 aromatic carbocycles. The van der Waals surface area contributed by atoms with E-state index in [4.69, 9.17) is 4.42 Å². The van der Waals surface area contributed by atoms with E-state index in [1.807, 2.05) is 24.3 Å². The smallest absolute Gasteiger partial charge is 0.298 e. The van der Waals surface area contributed by atoms with Crippen LogP contribution in [0, 0.1) is 5.92 Å². The van der Waals surface area contributed by atoms with E-state index in [1.54, 1.807) is 0 Å². The van der Waals surface area contributed by atoms with Gasteiger partial charge in [-0.05, 0) is 31.4 Å². The van der Waals surface area contributed by atoms with Crippen LogP contribution < -0.4 is 14.9 Å². The van der Waals surface area contributed by atoms with Gasteiger partial charge in [-0.25, -0.2) is 13.1 Å². The zero-order valence-corrected chi connectivity index (χ0v) is 15.6. The molecule has 2 N–H and O–H groups in total. The van der Waals surface area contributed by atoms with Gasteiger partial charge >= 0.3 is 0 Å². The van der Waals surface area contributed by atoms with Gasteiger partial charge in [-0.2, -0.15) is 4.98 Å². The summed E-state index contributed by atoms with van der Waals surface area (Å²) in [5, 5.41) is 2.88. The molecule has 142 valence electrons. The molecule has 2 heterocycles. The lowest BCUT2D eigenvalue weighted by Crippen LogP contribution is -2.41. The monoisotopic (exact) mass is 380 g/mol. The van der Waals surface area contributed by atoms with Crippen molar-refractivity contribution in [2.24, 2.45) is 5.92 Å². The molecule has 0 aliphatic carbocycles. The molecule has 8 nitrogen and oxygen atoms in total. The van der Waals surface area contributed by atoms with Gasteiger partial charge in [0.15, 0.2) is 5.58 Å². The van der Waals surface area contributed by atoms with Gasteiger partial charge in [-0.3, -0.25) is 4.79 Å². The molecule has 0 spiro atoms. The molecule has 0 saturated carbocycles. The van der Waals surface area contributed by atoms with Crippen LogP contribution in [0.25, 0.3) is 11.1 Å². The average Bonchev–Trinajstić information content (AvgIpc) is 3.04. The topological polar surface area (TPSA) is 105 Å². The maximum Gasteiger partial charge on any atom is 0.298 e. The normalized spacial score (nSPS) is 16.1. The Labute approximate surface area is 153 Å². The standard InChI is InChI=1S/C17H24N4O4S/c1-26(23,24)19-10-4-9-18-16(22)13-7-11-21(12-8-13)17-20-14-5-2-3-6-15(14)25-17/h2-3,5-6,13,19H,4,7-12H2,1H3,(H,18,22). The summed E-state index contributed by atoms with van der Waals surface area (Å²) in [6.07, 6.45) is 3.18. The fourth-order valence-electron chi connectivity index (χ4n) is 3.03. The van der Waals surface area contributed by atoms with Gasteiger partial charge in [0, 0.05) is 32.1 Å². The van der Waals surface area contributed by atoms with Crippen LogP contribution in [0.15, 0.2) is 28.7 Å². The first-order valence-corrected chi connectivity index (χ1v) is 10.6. The van der Waals surface area contributed by atoms with Crippen molar-refractivity contribution in [3.05, 3.63) is 24.3 Å². The SMILES string of the molecule is CS(=O)(=O)NCCCNC(=O)C1CCN(c2nc3ccccc3o2)CC1. The van der Waals surface area contributed by atoms with Crippen LogP contribution in [-0.4, -0.2) is 51.7 Å². The Balaban J connectivity index is 1.42. The maximum absolute atomic E-state index is 12.2. The second-order valence-electron chi connectivity index (χ2n) is 6.54. The van der Waals surface area contributed by atoms with E-state index in [-0.39, 0.29) is 11.8 Å². The summed E-state index contributed by atoms with van der Waals surface area (Å²) < 4.78 is 30.1. The molecule has 1 saturated heterocycles. The zero-order chi connectivity index (χ0) is 18.6. The highest BCUT2D eigenvalue weighted by atomic mass is 32.2. The van der Waals surface area contributed by atoms with Crippen molar-refractivity contribution in [2.45, 2.75) is 19.3 Å². The van der Waals surface area contributed by atoms with E-state index in [2.05, 4.69) is 19.9 Å². The third-order valence-corrected chi connectivity index (χ3v) is 5.16. The van der Waals surface area contributed by atoms with Gasteiger partial charge in [0.2, 0.25) is 15.9 Å². The highest BCUT2D eigenvalue weighted by Crippen LogP contribution is 2.26. The molecule has 0 unspecified atom stereocenters. The lowest BCUT2D eigenvalue weighted by Gasteiger charge is -2.30. The first-order chi connectivity index (χ1) is 12.4. The molecular formula is C17H24N4O4S. The van der Waals surface area contributed by atoms with Gasteiger partial charge in [-0.1, -0.05) is 12.1 Å². The fraction of sp³-hybridized carbons (Fsp3) is 0.529. The molecule has 0 radical (unpaired) electrons. The van der Waals surface area contributed by atoms with Crippen molar-refractivity contribution in [1.29, 1.82) is 0 Å². The summed E-state index contributed by atoms with van der Waals surface area (Å²) in [6.45, 7) is 2.24. The third-order valence-electron chi connectivity index (χ3n) is 4.44. The number of nitrogens with zero attached hydrogens (tertiary/aromatic N) is 2. The Hall–Kier alpha value is -2.13. The molecule has 1 amide bonds. The Morgan fingerprint density at radius 3 is 2.69 bits per heavy atom. The Morgan fingerprint density at radius 1 is 1.27 bits per heavy atom. The summed E-state index contributed by atoms with van der Waals surface area (Å²) in [6, 6.07) is 8.26. The van der Waals surface area contributed by atoms with E-state index >= 15 is 0 Å². The lowest BCUT2D eigenvalue weighted by molar-refractivity contribution is -0.125. The highest BCUT2D eigenvalue weighted by Gasteiger charge is 2.26. The van der Waals surface area contributed by atoms with Crippen molar-refractivity contribution >= 4 is 33.0 Å². The number of carbonyl (C=O) groups is 1. The number of aromatic nitrogens is 1. The number of sulfonamides is 1. The van der Waals surface area contributed by atoms with Crippen LogP contribution in [0.3, 0.4) is 0 Å². The van der Waals surface area contributed by atoms with E-state index in [1.165, 1.54) is 0 Å². The number of nitrogens with one attached hydrogen (secondary N) is 2. The van der Waals surface area contributed by atoms with Crippen LogP contribution in [0.2, 0.25) is 0 Å². The van der Waals surface area contributed by atoms with Crippen LogP contribution in [0.1, 0.15) is 19.3 Å². The predicted molar refractivity (Wildman–Crippen MR) is 99.4 cm³/mol. The first-order valence-electron chi connectivity index (χ1n) is 8.75. The minimum absolute atomic E-state index is 0.0292. The maximum atomic E-state index is 12.2. The number of hydrogen-bond acceptors (Lipinski definition) is 6. The Morgan fingerprint density at radius 2 is 2.00 bits per heavy atom. The third kappa shape index (κ3) is 4.95. The summed E-state index contributed by atoms with van der Waals surface area (Å²) in [5.41, 5.74) is 1.61. The number of rotatable bonds is 7. The summed E-state index contributed by atoms with van der Waals surface area (Å²) in [7, 11) is -3.17. The first kappa shape index (κ1) is 18.7. The summed E-state index contributed by atoms with van der Waals surface area (Å²) >= 11 is 0. The summed E-state index contributed by atoms with van der Waals surface area (Å²) in [5.74, 6) is 0.0000612. The van der Waals surface area contributed by atoms with Gasteiger partial charge in [0.1, 0.15) is 5.52 Å². The number of carbonyl (C=O) groups excluding carboxylic acids is 1. The number of fused-ring (bicyclic) bond motifs is 1. The predicted octanol–water partition coefficient (Wildman–Crippen LogP) is 1.10. The molecule has 1 aromatic heterocycles. The van der Waals surface area contributed by atoms with E-state index in [0.29, 0.717) is 25.5 Å². The quantitative estimate of drug-likeness (QED) is 0.697. The van der Waals surface area contributed by atoms with Gasteiger partial charge < -0.3 is 14.6 Å². The van der Waals surface area contributed by atoms with Crippen LogP contribution >= 0.6 is 0 Å². The van der Waals surface area contributed by atoms with Gasteiger partial charge in [-0.15, -0.1) is 0 Å². The lowest BCUT2D eigenvalue weighted by atomic mass is 9.96. The molecule has 1 aliphatic heterocycles. The number of oxazole rings is 1. The highest BCUT2D eigenvalue weighted by molar-refractivity contribution is 7.88. The Kier molecular flexibility index (Phi) is 5.77. The van der Waals surface area contributed by atoms with Crippen LogP contribution in [0.5, 0.6) is 0 Å². The molecule has 1 fully saturated rings. The summed E-state index contributed by atoms with van der Waals surface area (Å²) in [4.78, 5) is 18.8. The zero-order valence-electron chi connectivity index (χ0n) is 14.8. The Bertz CT molecular complexity index is 824. The van der Waals surface area contributed by atoms with E-state index < -0.39 is 10.0 Å². The van der Waals surface area contributed by atoms with Gasteiger partial charge in [0.05, 0.1) is 6.26 Å². The second-order valence-corrected chi connectivity index (χ2v) is 8.37. The van der Waals surface area contributed by atoms with Crippen molar-refractivity contribution in [3.63, 3.8) is 0 Å². The van der Waals surface area contributed by atoms with Crippen molar-refractivity contribution in [2.75, 3.05) is 37.3 Å². The van der Waals surface area contributed by atoms with E-state index in [9.17, 15) is 13.2 Å². The van der Waals surface area contributed by atoms with Crippen molar-refractivity contribution in [1.82, 2.24) is 15.0 Å². The van der Waals surface area contributed by atoms with E-state index in [0.717, 1.165) is 43.3 Å². The van der Waals surface area contributed by atoms with Gasteiger partial charge in [0.25, 0.3) is 6.01 Å². The second kappa shape index (κ2) is 8.05. The molecule has 0 atom stereocenters. The number of amides is 1. The molecule has 0 bridgehead atoms. The van der Waals surface area contributed by atoms with Crippen molar-refractivity contribution in [3.8, 4) is 0 Å². The molecule has 1 aliphatic rings. The van der Waals surface area contributed by atoms with Crippen LogP contribution in [-0.2, 0) is 14.8 Å². The number of anilines is 1. The average molecular weight is 380 g/mol. The molecule has 3 rings (SSSR count). The largest absolute Gasteiger partial charge is 0.423 e. The number of para-hydroxylation sites is 2. The number of benzene rings is 1. The van der Waals surface area contributed by atoms with Crippen molar-refractivity contribution < 1.29 is 17.6 Å². The minimum Gasteiger partial charge on any atom is -0.423 e. The molecular weight excluding hydrogens is 356 g/mol. The number of piperidine rings is 1. The molecule has 26 heavy (non-hydrogen) atoms.